The van der Waals surface area contributed by atoms with Crippen molar-refractivity contribution in [1.29, 1.82) is 0 Å². The summed E-state index contributed by atoms with van der Waals surface area (Å²) in [5.41, 5.74) is 3.68. The molecule has 0 aliphatic carbocycles. The Labute approximate surface area is 128 Å². The van der Waals surface area contributed by atoms with Crippen LogP contribution in [0.1, 0.15) is 38.4 Å². The lowest BCUT2D eigenvalue weighted by molar-refractivity contribution is 0.0821. The van der Waals surface area contributed by atoms with Gasteiger partial charge in [-0.1, -0.05) is 13.8 Å². The second kappa shape index (κ2) is 7.76. The molecule has 2 heterocycles. The number of ether oxygens (including phenoxy) is 1. The average molecular weight is 291 g/mol. The molecule has 4 nitrogen and oxygen atoms in total. The molecule has 1 aromatic heterocycles. The number of aryl methyl sites for hydroxylation is 1. The van der Waals surface area contributed by atoms with Gasteiger partial charge in [0.1, 0.15) is 0 Å². The molecule has 0 amide bonds. The highest BCUT2D eigenvalue weighted by atomic mass is 16.5. The van der Waals surface area contributed by atoms with E-state index in [1.165, 1.54) is 11.3 Å². The summed E-state index contributed by atoms with van der Waals surface area (Å²) in [6.45, 7) is 13.5. The van der Waals surface area contributed by atoms with E-state index in [1.54, 1.807) is 0 Å². The van der Waals surface area contributed by atoms with Crippen LogP contribution in [0.15, 0.2) is 12.3 Å². The molecule has 0 bridgehead atoms. The van der Waals surface area contributed by atoms with Crippen LogP contribution in [-0.2, 0) is 11.3 Å². The van der Waals surface area contributed by atoms with E-state index < -0.39 is 0 Å². The third-order valence-corrected chi connectivity index (χ3v) is 3.76. The number of hydrogen-bond donors (Lipinski definition) is 1. The van der Waals surface area contributed by atoms with Crippen molar-refractivity contribution >= 4 is 5.69 Å². The van der Waals surface area contributed by atoms with Gasteiger partial charge >= 0.3 is 0 Å². The summed E-state index contributed by atoms with van der Waals surface area (Å²) in [5.74, 6) is 0.665. The van der Waals surface area contributed by atoms with Gasteiger partial charge in [-0.2, -0.15) is 0 Å². The van der Waals surface area contributed by atoms with Gasteiger partial charge in [0.2, 0.25) is 0 Å². The quantitative estimate of drug-likeness (QED) is 0.905. The fraction of sp³-hybridized carbons (Fsp3) is 0.706. The van der Waals surface area contributed by atoms with Crippen LogP contribution in [0.3, 0.4) is 0 Å². The highest BCUT2D eigenvalue weighted by Crippen LogP contribution is 2.23. The molecular formula is C17H29N3O. The van der Waals surface area contributed by atoms with Crippen molar-refractivity contribution in [3.05, 3.63) is 23.5 Å². The SMILES string of the molecule is Cc1cc(N2CCCOC(C)C2)c(CNCC(C)C)cn1. The van der Waals surface area contributed by atoms with Gasteiger partial charge < -0.3 is 15.0 Å². The molecular weight excluding hydrogens is 262 g/mol. The maximum atomic E-state index is 5.76. The third-order valence-electron chi connectivity index (χ3n) is 3.76. The smallest absolute Gasteiger partial charge is 0.0721 e. The van der Waals surface area contributed by atoms with Gasteiger partial charge in [0, 0.05) is 49.4 Å². The van der Waals surface area contributed by atoms with Gasteiger partial charge in [-0.05, 0) is 38.8 Å². The van der Waals surface area contributed by atoms with Crippen LogP contribution in [0.5, 0.6) is 0 Å². The van der Waals surface area contributed by atoms with Crippen LogP contribution in [-0.4, -0.2) is 37.3 Å². The second-order valence-electron chi connectivity index (χ2n) is 6.46. The molecule has 1 unspecified atom stereocenters. The van der Waals surface area contributed by atoms with Gasteiger partial charge in [-0.25, -0.2) is 0 Å². The summed E-state index contributed by atoms with van der Waals surface area (Å²) in [6, 6.07) is 2.21. The zero-order chi connectivity index (χ0) is 15.2. The second-order valence-corrected chi connectivity index (χ2v) is 6.46. The van der Waals surface area contributed by atoms with Crippen molar-refractivity contribution < 1.29 is 4.74 Å². The van der Waals surface area contributed by atoms with Crippen molar-refractivity contribution in [3.63, 3.8) is 0 Å². The molecule has 21 heavy (non-hydrogen) atoms. The van der Waals surface area contributed by atoms with Gasteiger partial charge in [0.05, 0.1) is 6.10 Å². The first-order valence-electron chi connectivity index (χ1n) is 8.09. The predicted octanol–water partition coefficient (Wildman–Crippen LogP) is 2.75. The molecule has 0 saturated carbocycles. The summed E-state index contributed by atoms with van der Waals surface area (Å²) in [4.78, 5) is 6.93. The van der Waals surface area contributed by atoms with E-state index in [1.807, 2.05) is 6.20 Å². The van der Waals surface area contributed by atoms with Crippen molar-refractivity contribution in [2.45, 2.75) is 46.8 Å². The summed E-state index contributed by atoms with van der Waals surface area (Å²) < 4.78 is 5.76. The minimum Gasteiger partial charge on any atom is -0.377 e. The lowest BCUT2D eigenvalue weighted by atomic mass is 10.1. The van der Waals surface area contributed by atoms with Gasteiger partial charge in [-0.15, -0.1) is 0 Å². The number of aromatic nitrogens is 1. The fourth-order valence-electron chi connectivity index (χ4n) is 2.71. The Hall–Kier alpha value is -1.13. The topological polar surface area (TPSA) is 37.4 Å². The number of anilines is 1. The highest BCUT2D eigenvalue weighted by molar-refractivity contribution is 5.54. The summed E-state index contributed by atoms with van der Waals surface area (Å²) >= 11 is 0. The minimum atomic E-state index is 0.289. The lowest BCUT2D eigenvalue weighted by Gasteiger charge is -2.27. The van der Waals surface area contributed by atoms with Crippen LogP contribution in [0.2, 0.25) is 0 Å². The molecule has 0 aromatic carbocycles. The van der Waals surface area contributed by atoms with E-state index >= 15 is 0 Å². The van der Waals surface area contributed by atoms with Crippen LogP contribution >= 0.6 is 0 Å². The molecule has 4 heteroatoms. The molecule has 1 N–H and O–H groups in total. The first kappa shape index (κ1) is 16.2. The lowest BCUT2D eigenvalue weighted by Crippen LogP contribution is -2.32. The molecule has 0 spiro atoms. The molecule has 1 saturated heterocycles. The Morgan fingerprint density at radius 3 is 3.05 bits per heavy atom. The Kier molecular flexibility index (Phi) is 6.00. The Bertz CT molecular complexity index is 448. The van der Waals surface area contributed by atoms with Crippen LogP contribution < -0.4 is 10.2 Å². The van der Waals surface area contributed by atoms with Crippen LogP contribution in [0.4, 0.5) is 5.69 Å². The van der Waals surface area contributed by atoms with Crippen molar-refractivity contribution in [2.24, 2.45) is 5.92 Å². The molecule has 118 valence electrons. The summed E-state index contributed by atoms with van der Waals surface area (Å²) in [7, 11) is 0. The summed E-state index contributed by atoms with van der Waals surface area (Å²) in [6.07, 6.45) is 3.40. The van der Waals surface area contributed by atoms with Crippen molar-refractivity contribution in [3.8, 4) is 0 Å². The molecule has 1 aromatic rings. The van der Waals surface area contributed by atoms with E-state index in [4.69, 9.17) is 4.74 Å². The zero-order valence-corrected chi connectivity index (χ0v) is 13.9. The highest BCUT2D eigenvalue weighted by Gasteiger charge is 2.18. The van der Waals surface area contributed by atoms with E-state index in [0.717, 1.165) is 44.9 Å². The molecule has 1 atom stereocenters. The standard InChI is InChI=1S/C17H29N3O/c1-13(2)9-18-10-16-11-19-14(3)8-17(16)20-6-5-7-21-15(4)12-20/h8,11,13,15,18H,5-7,9-10,12H2,1-4H3. The number of rotatable bonds is 5. The number of pyridine rings is 1. The van der Waals surface area contributed by atoms with E-state index in [2.05, 4.69) is 49.0 Å². The first-order chi connectivity index (χ1) is 10.1. The Balaban J connectivity index is 2.13. The van der Waals surface area contributed by atoms with Crippen molar-refractivity contribution in [1.82, 2.24) is 10.3 Å². The third kappa shape index (κ3) is 4.97. The Morgan fingerprint density at radius 1 is 1.48 bits per heavy atom. The normalized spacial score (nSPS) is 19.9. The summed E-state index contributed by atoms with van der Waals surface area (Å²) in [5, 5.41) is 3.53. The molecule has 1 aliphatic heterocycles. The molecule has 1 aliphatic rings. The van der Waals surface area contributed by atoms with Crippen molar-refractivity contribution in [2.75, 3.05) is 31.1 Å². The molecule has 1 fully saturated rings. The predicted molar refractivity (Wildman–Crippen MR) is 87.8 cm³/mol. The van der Waals surface area contributed by atoms with E-state index in [-0.39, 0.29) is 6.10 Å². The monoisotopic (exact) mass is 291 g/mol. The molecule has 2 rings (SSSR count). The number of nitrogens with zero attached hydrogens (tertiary/aromatic N) is 2. The van der Waals surface area contributed by atoms with Gasteiger partial charge in [0.25, 0.3) is 0 Å². The number of hydrogen-bond acceptors (Lipinski definition) is 4. The molecule has 0 radical (unpaired) electrons. The van der Waals surface area contributed by atoms with Gasteiger partial charge in [0.15, 0.2) is 0 Å². The maximum absolute atomic E-state index is 5.76. The first-order valence-corrected chi connectivity index (χ1v) is 8.09. The Morgan fingerprint density at radius 2 is 2.29 bits per heavy atom. The van der Waals surface area contributed by atoms with E-state index in [0.29, 0.717) is 5.92 Å². The average Bonchev–Trinajstić information content (AvgIpc) is 2.64. The van der Waals surface area contributed by atoms with Gasteiger partial charge in [-0.3, -0.25) is 4.98 Å². The van der Waals surface area contributed by atoms with Crippen LogP contribution in [0, 0.1) is 12.8 Å². The maximum Gasteiger partial charge on any atom is 0.0721 e. The van der Waals surface area contributed by atoms with Crippen LogP contribution in [0.25, 0.3) is 0 Å². The van der Waals surface area contributed by atoms with E-state index in [9.17, 15) is 0 Å². The fourth-order valence-corrected chi connectivity index (χ4v) is 2.71. The zero-order valence-electron chi connectivity index (χ0n) is 13.9. The largest absolute Gasteiger partial charge is 0.377 e. The minimum absolute atomic E-state index is 0.289. The number of nitrogens with one attached hydrogen (secondary N) is 1.